The van der Waals surface area contributed by atoms with Crippen molar-refractivity contribution in [3.8, 4) is 0 Å². The maximum absolute atomic E-state index is 3.74. The van der Waals surface area contributed by atoms with Gasteiger partial charge in [-0.05, 0) is 41.5 Å². The zero-order chi connectivity index (χ0) is 12.4. The van der Waals surface area contributed by atoms with E-state index in [4.69, 9.17) is 0 Å². The van der Waals surface area contributed by atoms with E-state index in [0.29, 0.717) is 0 Å². The summed E-state index contributed by atoms with van der Waals surface area (Å²) in [5.41, 5.74) is 2.44. The van der Waals surface area contributed by atoms with Crippen molar-refractivity contribution in [3.05, 3.63) is 67.0 Å². The Morgan fingerprint density at radius 1 is 0.765 bits per heavy atom. The molecule has 0 heterocycles. The van der Waals surface area contributed by atoms with Crippen LogP contribution in [0.4, 0.5) is 0 Å². The third-order valence-electron chi connectivity index (χ3n) is 2.39. The molecule has 4 heteroatoms. The van der Waals surface area contributed by atoms with Gasteiger partial charge >= 0.3 is 0 Å². The summed E-state index contributed by atoms with van der Waals surface area (Å²) in [5, 5.41) is 0. The Morgan fingerprint density at radius 3 is 2.00 bits per heavy atom. The van der Waals surface area contributed by atoms with Gasteiger partial charge < -0.3 is 0 Å². The molecule has 0 aliphatic rings. The summed E-state index contributed by atoms with van der Waals surface area (Å²) in [6.45, 7) is 0. The highest BCUT2D eigenvalue weighted by Crippen LogP contribution is 2.37. The van der Waals surface area contributed by atoms with Crippen molar-refractivity contribution in [1.82, 2.24) is 0 Å². The summed E-state index contributed by atoms with van der Waals surface area (Å²) in [7, 11) is 0. The van der Waals surface area contributed by atoms with Gasteiger partial charge in [0.2, 0.25) is 0 Å². The fourth-order valence-corrected chi connectivity index (χ4v) is 3.63. The standard InChI is InChI=1S/C13H8Br4/c14-9-3-1-8(2-4-9)13(17)11-7-10(15)5-6-12(11)16/h1-7,13H. The molecule has 2 aromatic rings. The summed E-state index contributed by atoms with van der Waals surface area (Å²) < 4.78 is 3.28. The average molecular weight is 484 g/mol. The monoisotopic (exact) mass is 480 g/mol. The average Bonchev–Trinajstić information content (AvgIpc) is 2.32. The highest BCUT2D eigenvalue weighted by molar-refractivity contribution is 9.11. The zero-order valence-electron chi connectivity index (χ0n) is 8.63. The van der Waals surface area contributed by atoms with E-state index in [1.54, 1.807) is 0 Å². The maximum Gasteiger partial charge on any atom is 0.0656 e. The first-order valence-corrected chi connectivity index (χ1v) is 8.22. The van der Waals surface area contributed by atoms with Gasteiger partial charge in [0.15, 0.2) is 0 Å². The molecule has 1 unspecified atom stereocenters. The van der Waals surface area contributed by atoms with Crippen LogP contribution in [-0.4, -0.2) is 0 Å². The van der Waals surface area contributed by atoms with E-state index < -0.39 is 0 Å². The number of benzene rings is 2. The van der Waals surface area contributed by atoms with E-state index in [9.17, 15) is 0 Å². The molecule has 0 N–H and O–H groups in total. The minimum atomic E-state index is 0.183. The smallest absolute Gasteiger partial charge is 0.0656 e. The second-order valence-electron chi connectivity index (χ2n) is 3.58. The first-order valence-electron chi connectivity index (χ1n) is 4.92. The fraction of sp³-hybridized carbons (Fsp3) is 0.0769. The molecule has 0 aliphatic heterocycles. The van der Waals surface area contributed by atoms with Crippen LogP contribution in [0.3, 0.4) is 0 Å². The Hall–Kier alpha value is 0.360. The Morgan fingerprint density at radius 2 is 1.35 bits per heavy atom. The normalized spacial score (nSPS) is 12.5. The third kappa shape index (κ3) is 3.43. The first kappa shape index (κ1) is 13.8. The molecule has 0 radical (unpaired) electrons. The molecular weight excluding hydrogens is 476 g/mol. The minimum Gasteiger partial charge on any atom is -0.0786 e. The van der Waals surface area contributed by atoms with Crippen molar-refractivity contribution < 1.29 is 0 Å². The lowest BCUT2D eigenvalue weighted by Crippen LogP contribution is -1.94. The lowest BCUT2D eigenvalue weighted by atomic mass is 10.1. The van der Waals surface area contributed by atoms with Gasteiger partial charge in [-0.2, -0.15) is 0 Å². The van der Waals surface area contributed by atoms with Crippen LogP contribution < -0.4 is 0 Å². The van der Waals surface area contributed by atoms with Crippen molar-refractivity contribution >= 4 is 63.7 Å². The van der Waals surface area contributed by atoms with Gasteiger partial charge in [-0.3, -0.25) is 0 Å². The van der Waals surface area contributed by atoms with Gasteiger partial charge in [0.05, 0.1) is 4.83 Å². The molecule has 0 bridgehead atoms. The molecule has 17 heavy (non-hydrogen) atoms. The predicted octanol–water partition coefficient (Wildman–Crippen LogP) is 6.46. The second-order valence-corrected chi connectivity index (χ2v) is 7.18. The highest BCUT2D eigenvalue weighted by Gasteiger charge is 2.13. The number of halogens is 4. The Kier molecular flexibility index (Phi) is 4.87. The van der Waals surface area contributed by atoms with Crippen LogP contribution in [0, 0.1) is 0 Å². The SMILES string of the molecule is Brc1ccc(C(Br)c2cc(Br)ccc2Br)cc1. The molecule has 1 atom stereocenters. The molecule has 0 aliphatic carbocycles. The molecule has 0 fully saturated rings. The molecule has 88 valence electrons. The van der Waals surface area contributed by atoms with E-state index in [1.807, 2.05) is 12.1 Å². The van der Waals surface area contributed by atoms with Crippen molar-refractivity contribution in [2.75, 3.05) is 0 Å². The first-order chi connectivity index (χ1) is 8.08. The Bertz CT molecular complexity index is 519. The molecular formula is C13H8Br4. The highest BCUT2D eigenvalue weighted by atomic mass is 79.9. The summed E-state index contributed by atoms with van der Waals surface area (Å²) in [5.74, 6) is 0. The molecule has 0 saturated carbocycles. The molecule has 0 spiro atoms. The van der Waals surface area contributed by atoms with Gasteiger partial charge in [-0.1, -0.05) is 75.9 Å². The lowest BCUT2D eigenvalue weighted by Gasteiger charge is -2.13. The van der Waals surface area contributed by atoms with Crippen molar-refractivity contribution in [2.24, 2.45) is 0 Å². The van der Waals surface area contributed by atoms with Crippen LogP contribution in [0.2, 0.25) is 0 Å². The molecule has 2 rings (SSSR count). The summed E-state index contributed by atoms with van der Waals surface area (Å²) in [4.78, 5) is 0.183. The molecule has 0 amide bonds. The van der Waals surface area contributed by atoms with Gasteiger partial charge in [0.25, 0.3) is 0 Å². The van der Waals surface area contributed by atoms with Gasteiger partial charge in [-0.15, -0.1) is 0 Å². The number of alkyl halides is 1. The van der Waals surface area contributed by atoms with Gasteiger partial charge in [0, 0.05) is 13.4 Å². The molecule has 0 aromatic heterocycles. The van der Waals surface area contributed by atoms with E-state index in [-0.39, 0.29) is 4.83 Å². The second kappa shape index (κ2) is 6.00. The summed E-state index contributed by atoms with van der Waals surface area (Å²) in [6, 6.07) is 14.5. The van der Waals surface area contributed by atoms with E-state index >= 15 is 0 Å². The number of hydrogen-bond donors (Lipinski definition) is 0. The van der Waals surface area contributed by atoms with Crippen LogP contribution in [0.25, 0.3) is 0 Å². The molecule has 2 aromatic carbocycles. The topological polar surface area (TPSA) is 0 Å². The molecule has 0 saturated heterocycles. The molecule has 0 nitrogen and oxygen atoms in total. The lowest BCUT2D eigenvalue weighted by molar-refractivity contribution is 1.16. The van der Waals surface area contributed by atoms with E-state index in [0.717, 1.165) is 13.4 Å². The van der Waals surface area contributed by atoms with Crippen LogP contribution in [-0.2, 0) is 0 Å². The van der Waals surface area contributed by atoms with Crippen molar-refractivity contribution in [3.63, 3.8) is 0 Å². The number of hydrogen-bond acceptors (Lipinski definition) is 0. The van der Waals surface area contributed by atoms with E-state index in [1.165, 1.54) is 11.1 Å². The summed E-state index contributed by atoms with van der Waals surface area (Å²) in [6.07, 6.45) is 0. The zero-order valence-corrected chi connectivity index (χ0v) is 15.0. The van der Waals surface area contributed by atoms with Crippen LogP contribution in [0.5, 0.6) is 0 Å². The van der Waals surface area contributed by atoms with Gasteiger partial charge in [-0.25, -0.2) is 0 Å². The largest absolute Gasteiger partial charge is 0.0786 e. The number of rotatable bonds is 2. The summed E-state index contributed by atoms with van der Waals surface area (Å²) >= 11 is 14.3. The minimum absolute atomic E-state index is 0.183. The van der Waals surface area contributed by atoms with Crippen LogP contribution in [0.15, 0.2) is 55.9 Å². The van der Waals surface area contributed by atoms with Gasteiger partial charge in [0.1, 0.15) is 0 Å². The Labute approximate surface area is 134 Å². The van der Waals surface area contributed by atoms with Crippen molar-refractivity contribution in [1.29, 1.82) is 0 Å². The maximum atomic E-state index is 3.74. The van der Waals surface area contributed by atoms with Crippen LogP contribution in [0.1, 0.15) is 16.0 Å². The van der Waals surface area contributed by atoms with Crippen LogP contribution >= 0.6 is 63.7 Å². The predicted molar refractivity (Wildman–Crippen MR) is 86.8 cm³/mol. The van der Waals surface area contributed by atoms with Crippen molar-refractivity contribution in [2.45, 2.75) is 4.83 Å². The fourth-order valence-electron chi connectivity index (χ4n) is 1.52. The quantitative estimate of drug-likeness (QED) is 0.430. The third-order valence-corrected chi connectivity index (χ3v) is 5.16. The van der Waals surface area contributed by atoms with E-state index in [2.05, 4.69) is 94.1 Å². The Balaban J connectivity index is 2.39.